The Labute approximate surface area is 163 Å². The molecule has 0 unspecified atom stereocenters. The molecular weight excluding hydrogens is 384 g/mol. The van der Waals surface area contributed by atoms with E-state index in [2.05, 4.69) is 47.8 Å². The molecule has 0 amide bonds. The molecule has 144 valence electrons. The summed E-state index contributed by atoms with van der Waals surface area (Å²) in [6.45, 7) is 2.58. The van der Waals surface area contributed by atoms with Gasteiger partial charge in [0, 0.05) is 50.0 Å². The molecule has 10 heteroatoms. The van der Waals surface area contributed by atoms with Gasteiger partial charge in [0.15, 0.2) is 5.82 Å². The lowest BCUT2D eigenvalue weighted by molar-refractivity contribution is 0.200. The predicted molar refractivity (Wildman–Crippen MR) is 105 cm³/mol. The van der Waals surface area contributed by atoms with Gasteiger partial charge in [0.1, 0.15) is 5.03 Å². The normalized spacial score (nSPS) is 17.8. The molecule has 2 aliphatic rings. The van der Waals surface area contributed by atoms with E-state index in [4.69, 9.17) is 0 Å². The van der Waals surface area contributed by atoms with Gasteiger partial charge in [0.2, 0.25) is 0 Å². The number of benzene rings is 1. The van der Waals surface area contributed by atoms with Crippen molar-refractivity contribution in [2.45, 2.75) is 35.3 Å². The Hall–Kier alpha value is -1.72. The molecule has 0 spiro atoms. The lowest BCUT2D eigenvalue weighted by Crippen LogP contribution is -2.47. The number of anilines is 2. The van der Waals surface area contributed by atoms with E-state index >= 15 is 0 Å². The van der Waals surface area contributed by atoms with Crippen molar-refractivity contribution in [1.29, 1.82) is 0 Å². The van der Waals surface area contributed by atoms with E-state index in [1.165, 1.54) is 12.6 Å². The third-order valence-corrected chi connectivity index (χ3v) is 7.00. The van der Waals surface area contributed by atoms with Crippen molar-refractivity contribution >= 4 is 33.5 Å². The maximum atomic E-state index is 11.6. The second kappa shape index (κ2) is 7.72. The highest BCUT2D eigenvalue weighted by molar-refractivity contribution is 7.99. The fourth-order valence-corrected chi connectivity index (χ4v) is 5.00. The van der Waals surface area contributed by atoms with Crippen LogP contribution in [0.25, 0.3) is 0 Å². The number of rotatable bonds is 5. The SMILES string of the molecule is CNS(=O)(=O)NC1CCN(Cc2ccc3c(c2)Nc2nccnc2S3)CC1. The first-order valence-electron chi connectivity index (χ1n) is 8.84. The van der Waals surface area contributed by atoms with Crippen LogP contribution >= 0.6 is 11.8 Å². The summed E-state index contributed by atoms with van der Waals surface area (Å²) in [7, 11) is -1.95. The second-order valence-corrected chi connectivity index (χ2v) is 9.32. The van der Waals surface area contributed by atoms with Crippen molar-refractivity contribution in [1.82, 2.24) is 24.3 Å². The summed E-state index contributed by atoms with van der Waals surface area (Å²) in [5.41, 5.74) is 2.28. The van der Waals surface area contributed by atoms with E-state index in [0.29, 0.717) is 0 Å². The van der Waals surface area contributed by atoms with Crippen molar-refractivity contribution in [2.75, 3.05) is 25.5 Å². The van der Waals surface area contributed by atoms with Crippen LogP contribution in [0.1, 0.15) is 18.4 Å². The van der Waals surface area contributed by atoms with E-state index in [0.717, 1.165) is 53.9 Å². The maximum absolute atomic E-state index is 11.6. The molecule has 1 aromatic carbocycles. The van der Waals surface area contributed by atoms with Crippen LogP contribution in [0.2, 0.25) is 0 Å². The summed E-state index contributed by atoms with van der Waals surface area (Å²) in [4.78, 5) is 12.2. The quantitative estimate of drug-likeness (QED) is 0.593. The number of aromatic nitrogens is 2. The Morgan fingerprint density at radius 1 is 1.26 bits per heavy atom. The number of nitrogens with zero attached hydrogens (tertiary/aromatic N) is 3. The third kappa shape index (κ3) is 4.41. The average Bonchev–Trinajstić information content (AvgIpc) is 2.68. The average molecular weight is 407 g/mol. The topological polar surface area (TPSA) is 99.2 Å². The smallest absolute Gasteiger partial charge is 0.276 e. The van der Waals surface area contributed by atoms with Gasteiger partial charge in [-0.25, -0.2) is 14.7 Å². The lowest BCUT2D eigenvalue weighted by Gasteiger charge is -2.32. The zero-order valence-electron chi connectivity index (χ0n) is 15.0. The van der Waals surface area contributed by atoms with Crippen LogP contribution in [0.3, 0.4) is 0 Å². The second-order valence-electron chi connectivity index (χ2n) is 6.64. The monoisotopic (exact) mass is 406 g/mol. The number of hydrogen-bond donors (Lipinski definition) is 3. The first-order valence-corrected chi connectivity index (χ1v) is 11.1. The molecule has 1 aromatic heterocycles. The van der Waals surface area contributed by atoms with Crippen molar-refractivity contribution in [2.24, 2.45) is 0 Å². The molecule has 0 aliphatic carbocycles. The van der Waals surface area contributed by atoms with Gasteiger partial charge in [-0.2, -0.15) is 13.1 Å². The van der Waals surface area contributed by atoms with Gasteiger partial charge in [-0.15, -0.1) is 0 Å². The Bertz CT molecular complexity index is 929. The Morgan fingerprint density at radius 3 is 2.81 bits per heavy atom. The Morgan fingerprint density at radius 2 is 2.04 bits per heavy atom. The molecule has 0 saturated carbocycles. The summed E-state index contributed by atoms with van der Waals surface area (Å²) in [5, 5.41) is 4.25. The summed E-state index contributed by atoms with van der Waals surface area (Å²) in [5.74, 6) is 0.796. The number of piperidine rings is 1. The molecule has 0 radical (unpaired) electrons. The Kier molecular flexibility index (Phi) is 5.33. The fraction of sp³-hybridized carbons (Fsp3) is 0.412. The highest BCUT2D eigenvalue weighted by Crippen LogP contribution is 2.42. The Balaban J connectivity index is 1.37. The first kappa shape index (κ1) is 18.6. The van der Waals surface area contributed by atoms with Gasteiger partial charge < -0.3 is 5.32 Å². The molecule has 4 rings (SSSR count). The van der Waals surface area contributed by atoms with Crippen molar-refractivity contribution in [3.05, 3.63) is 36.2 Å². The molecule has 8 nitrogen and oxygen atoms in total. The molecule has 2 aromatic rings. The summed E-state index contributed by atoms with van der Waals surface area (Å²) in [6, 6.07) is 6.42. The van der Waals surface area contributed by atoms with Crippen molar-refractivity contribution in [3.63, 3.8) is 0 Å². The minimum absolute atomic E-state index is 0.00428. The lowest BCUT2D eigenvalue weighted by atomic mass is 10.1. The van der Waals surface area contributed by atoms with Crippen LogP contribution < -0.4 is 14.8 Å². The highest BCUT2D eigenvalue weighted by atomic mass is 32.2. The van der Waals surface area contributed by atoms with Crippen LogP contribution in [-0.4, -0.2) is 49.5 Å². The van der Waals surface area contributed by atoms with Gasteiger partial charge in [0.25, 0.3) is 10.2 Å². The van der Waals surface area contributed by atoms with E-state index in [1.807, 2.05) is 0 Å². The summed E-state index contributed by atoms with van der Waals surface area (Å²) in [6.07, 6.45) is 5.01. The van der Waals surface area contributed by atoms with Gasteiger partial charge >= 0.3 is 0 Å². The van der Waals surface area contributed by atoms with E-state index < -0.39 is 10.2 Å². The zero-order valence-corrected chi connectivity index (χ0v) is 16.6. The van der Waals surface area contributed by atoms with Crippen molar-refractivity contribution in [3.8, 4) is 0 Å². The van der Waals surface area contributed by atoms with Crippen molar-refractivity contribution < 1.29 is 8.42 Å². The third-order valence-electron chi connectivity index (χ3n) is 4.75. The minimum atomic E-state index is -3.37. The number of hydrogen-bond acceptors (Lipinski definition) is 7. The maximum Gasteiger partial charge on any atom is 0.276 e. The molecular formula is C17H22N6O2S2. The fourth-order valence-electron chi connectivity index (χ4n) is 3.33. The molecule has 1 saturated heterocycles. The summed E-state index contributed by atoms with van der Waals surface area (Å²) < 4.78 is 28.2. The van der Waals surface area contributed by atoms with Gasteiger partial charge in [-0.3, -0.25) is 4.90 Å². The van der Waals surface area contributed by atoms with E-state index in [-0.39, 0.29) is 6.04 Å². The molecule has 3 heterocycles. The predicted octanol–water partition coefficient (Wildman–Crippen LogP) is 1.70. The number of likely N-dealkylation sites (tertiary alicyclic amines) is 1. The number of fused-ring (bicyclic) bond motifs is 2. The van der Waals surface area contributed by atoms with Gasteiger partial charge in [-0.05, 0) is 30.5 Å². The highest BCUT2D eigenvalue weighted by Gasteiger charge is 2.23. The summed E-state index contributed by atoms with van der Waals surface area (Å²) >= 11 is 1.62. The van der Waals surface area contributed by atoms with Gasteiger partial charge in [0.05, 0.1) is 5.69 Å². The molecule has 0 bridgehead atoms. The van der Waals surface area contributed by atoms with E-state index in [1.54, 1.807) is 24.2 Å². The molecule has 3 N–H and O–H groups in total. The first-order chi connectivity index (χ1) is 13.0. The van der Waals surface area contributed by atoms with Gasteiger partial charge in [-0.1, -0.05) is 17.8 Å². The van der Waals surface area contributed by atoms with E-state index in [9.17, 15) is 8.42 Å². The molecule has 1 fully saturated rings. The van der Waals surface area contributed by atoms with Crippen LogP contribution in [0, 0.1) is 0 Å². The molecule has 27 heavy (non-hydrogen) atoms. The minimum Gasteiger partial charge on any atom is -0.337 e. The van der Waals surface area contributed by atoms with Crippen LogP contribution in [0.4, 0.5) is 11.5 Å². The zero-order chi connectivity index (χ0) is 18.9. The van der Waals surface area contributed by atoms with Crippen LogP contribution in [-0.2, 0) is 16.8 Å². The standard InChI is InChI=1S/C17H22N6O2S2/c1-18-27(24,25)22-13-4-8-23(9-5-13)11-12-2-3-15-14(10-12)21-16-17(26-15)20-7-6-19-16/h2-3,6-7,10,13,18,22H,4-5,8-9,11H2,1H3,(H,19,21). The largest absolute Gasteiger partial charge is 0.337 e. The van der Waals surface area contributed by atoms with Crippen LogP contribution in [0.5, 0.6) is 0 Å². The molecule has 0 atom stereocenters. The number of nitrogens with one attached hydrogen (secondary N) is 3. The van der Waals surface area contributed by atoms with Crippen LogP contribution in [0.15, 0.2) is 40.5 Å². The molecule has 2 aliphatic heterocycles.